The number of hydrogen-bond donors (Lipinski definition) is 1. The highest BCUT2D eigenvalue weighted by Gasteiger charge is 2.50. The van der Waals surface area contributed by atoms with Crippen molar-refractivity contribution in [3.05, 3.63) is 16.1 Å². The molecule has 17 heavy (non-hydrogen) atoms. The Bertz CT molecular complexity index is 477. The summed E-state index contributed by atoms with van der Waals surface area (Å²) in [5, 5.41) is 9.48. The molecule has 1 aromatic rings. The van der Waals surface area contributed by atoms with Gasteiger partial charge in [0.1, 0.15) is 15.8 Å². The van der Waals surface area contributed by atoms with Gasteiger partial charge in [0.2, 0.25) is 0 Å². The van der Waals surface area contributed by atoms with E-state index in [1.54, 1.807) is 0 Å². The molecule has 1 fully saturated rings. The number of rotatable bonds is 2. The Balaban J connectivity index is 2.11. The van der Waals surface area contributed by atoms with Crippen molar-refractivity contribution >= 4 is 21.9 Å². The van der Waals surface area contributed by atoms with Gasteiger partial charge in [-0.25, -0.2) is 4.98 Å². The Labute approximate surface area is 108 Å². The van der Waals surface area contributed by atoms with E-state index in [1.807, 2.05) is 0 Å². The van der Waals surface area contributed by atoms with Crippen LogP contribution in [-0.2, 0) is 23.2 Å². The zero-order valence-corrected chi connectivity index (χ0v) is 11.2. The Morgan fingerprint density at radius 1 is 1.35 bits per heavy atom. The monoisotopic (exact) mass is 298 g/mol. The zero-order valence-electron chi connectivity index (χ0n) is 9.58. The average molecular weight is 299 g/mol. The number of carboxylic acid groups (broad SMARTS) is 1. The summed E-state index contributed by atoms with van der Waals surface area (Å²) in [7, 11) is 0. The number of halogens is 1. The predicted octanol–water partition coefficient (Wildman–Crippen LogP) is 2.49. The number of nitrogens with zero attached hydrogens (tertiary/aromatic N) is 2. The van der Waals surface area contributed by atoms with E-state index in [-0.39, 0.29) is 0 Å². The largest absolute Gasteiger partial charge is 0.480 e. The van der Waals surface area contributed by atoms with Crippen molar-refractivity contribution in [3.8, 4) is 0 Å². The maximum atomic E-state index is 11.5. The van der Waals surface area contributed by atoms with Crippen LogP contribution >= 0.6 is 15.9 Å². The molecule has 0 bridgehead atoms. The molecule has 0 spiro atoms. The summed E-state index contributed by atoms with van der Waals surface area (Å²) in [4.78, 5) is 16.0. The average Bonchev–Trinajstić information content (AvgIpc) is 2.56. The molecule has 3 rings (SSSR count). The smallest absolute Gasteiger partial charge is 0.317 e. The van der Waals surface area contributed by atoms with E-state index >= 15 is 0 Å². The molecule has 0 unspecified atom stereocenters. The molecule has 1 aromatic heterocycles. The molecule has 5 heteroatoms. The second-order valence-electron chi connectivity index (χ2n) is 5.02. The Morgan fingerprint density at radius 2 is 2.12 bits per heavy atom. The summed E-state index contributed by atoms with van der Waals surface area (Å²) >= 11 is 3.47. The van der Waals surface area contributed by atoms with Gasteiger partial charge in [-0.3, -0.25) is 4.79 Å². The molecule has 4 nitrogen and oxygen atoms in total. The fourth-order valence-corrected chi connectivity index (χ4v) is 3.51. The van der Waals surface area contributed by atoms with Crippen molar-refractivity contribution in [1.29, 1.82) is 0 Å². The maximum Gasteiger partial charge on any atom is 0.317 e. The van der Waals surface area contributed by atoms with E-state index in [0.29, 0.717) is 0 Å². The first kappa shape index (κ1) is 11.3. The first-order valence-corrected chi connectivity index (χ1v) is 6.93. The lowest BCUT2D eigenvalue weighted by Crippen LogP contribution is -2.45. The number of carboxylic acids is 1. The number of imidazole rings is 1. The van der Waals surface area contributed by atoms with Crippen molar-refractivity contribution in [1.82, 2.24) is 9.55 Å². The number of aliphatic carboxylic acids is 1. The Kier molecular flexibility index (Phi) is 2.54. The van der Waals surface area contributed by atoms with Crippen LogP contribution in [-0.4, -0.2) is 20.6 Å². The van der Waals surface area contributed by atoms with E-state index in [9.17, 15) is 9.90 Å². The molecular formula is C12H15BrN2O2. The molecule has 2 aliphatic rings. The van der Waals surface area contributed by atoms with Crippen molar-refractivity contribution < 1.29 is 9.90 Å². The second kappa shape index (κ2) is 3.83. The summed E-state index contributed by atoms with van der Waals surface area (Å²) in [5.41, 5.74) is 0.469. The molecule has 1 N–H and O–H groups in total. The molecular weight excluding hydrogens is 284 g/mol. The van der Waals surface area contributed by atoms with Crippen LogP contribution in [0.25, 0.3) is 0 Å². The van der Waals surface area contributed by atoms with Crippen LogP contribution in [0.15, 0.2) is 4.60 Å². The van der Waals surface area contributed by atoms with Crippen molar-refractivity contribution in [2.75, 3.05) is 0 Å². The Hall–Kier alpha value is -0.840. The van der Waals surface area contributed by atoms with Crippen LogP contribution in [0.5, 0.6) is 0 Å². The molecule has 0 amide bonds. The van der Waals surface area contributed by atoms with E-state index in [0.717, 1.165) is 49.1 Å². The van der Waals surface area contributed by atoms with Gasteiger partial charge in [-0.1, -0.05) is 6.42 Å². The van der Waals surface area contributed by atoms with Gasteiger partial charge in [0.15, 0.2) is 0 Å². The maximum absolute atomic E-state index is 11.5. The molecule has 0 aromatic carbocycles. The molecule has 0 saturated heterocycles. The van der Waals surface area contributed by atoms with Gasteiger partial charge in [-0.2, -0.15) is 0 Å². The van der Waals surface area contributed by atoms with E-state index < -0.39 is 11.4 Å². The molecule has 1 saturated carbocycles. The van der Waals surface area contributed by atoms with Gasteiger partial charge in [0.25, 0.3) is 0 Å². The zero-order chi connectivity index (χ0) is 12.0. The minimum atomic E-state index is -0.713. The quantitative estimate of drug-likeness (QED) is 0.913. The third kappa shape index (κ3) is 1.48. The van der Waals surface area contributed by atoms with Crippen LogP contribution in [0.3, 0.4) is 0 Å². The van der Waals surface area contributed by atoms with Crippen molar-refractivity contribution in [2.45, 2.75) is 50.5 Å². The highest BCUT2D eigenvalue weighted by Crippen LogP contribution is 2.45. The highest BCUT2D eigenvalue weighted by atomic mass is 79.9. The number of hydrogen-bond acceptors (Lipinski definition) is 2. The summed E-state index contributed by atoms with van der Waals surface area (Å²) in [6, 6.07) is 0. The van der Waals surface area contributed by atoms with Crippen LogP contribution in [0.2, 0.25) is 0 Å². The SMILES string of the molecule is O=C(O)C1(c2nc(Br)c3n2CCCC3)CCC1. The van der Waals surface area contributed by atoms with Crippen molar-refractivity contribution in [2.24, 2.45) is 0 Å². The van der Waals surface area contributed by atoms with Crippen LogP contribution in [0, 0.1) is 0 Å². The van der Waals surface area contributed by atoms with E-state index in [1.165, 1.54) is 12.1 Å². The molecule has 0 radical (unpaired) electrons. The van der Waals surface area contributed by atoms with Gasteiger partial charge in [0, 0.05) is 6.54 Å². The van der Waals surface area contributed by atoms with Crippen LogP contribution in [0.1, 0.15) is 43.6 Å². The van der Waals surface area contributed by atoms with E-state index in [2.05, 4.69) is 25.5 Å². The van der Waals surface area contributed by atoms with Crippen LogP contribution < -0.4 is 0 Å². The number of aromatic nitrogens is 2. The van der Waals surface area contributed by atoms with Gasteiger partial charge >= 0.3 is 5.97 Å². The summed E-state index contributed by atoms with van der Waals surface area (Å²) < 4.78 is 2.99. The number of carbonyl (C=O) groups is 1. The van der Waals surface area contributed by atoms with Gasteiger partial charge in [-0.05, 0) is 48.0 Å². The van der Waals surface area contributed by atoms with Gasteiger partial charge in [-0.15, -0.1) is 0 Å². The lowest BCUT2D eigenvalue weighted by molar-refractivity contribution is -0.148. The molecule has 2 heterocycles. The third-order valence-corrected chi connectivity index (χ3v) is 4.75. The number of fused-ring (bicyclic) bond motifs is 1. The first-order chi connectivity index (χ1) is 8.15. The first-order valence-electron chi connectivity index (χ1n) is 6.14. The lowest BCUT2D eigenvalue weighted by atomic mass is 9.68. The predicted molar refractivity (Wildman–Crippen MR) is 66.0 cm³/mol. The highest BCUT2D eigenvalue weighted by molar-refractivity contribution is 9.10. The molecule has 92 valence electrons. The van der Waals surface area contributed by atoms with E-state index in [4.69, 9.17) is 0 Å². The van der Waals surface area contributed by atoms with Crippen molar-refractivity contribution in [3.63, 3.8) is 0 Å². The van der Waals surface area contributed by atoms with Gasteiger partial charge in [0.05, 0.1) is 5.69 Å². The van der Waals surface area contributed by atoms with Gasteiger partial charge < -0.3 is 9.67 Å². The minimum absolute atomic E-state index is 0.710. The third-order valence-electron chi connectivity index (χ3n) is 4.11. The fourth-order valence-electron chi connectivity index (χ4n) is 2.93. The summed E-state index contributed by atoms with van der Waals surface area (Å²) in [5.74, 6) is 0.0625. The molecule has 1 aliphatic carbocycles. The molecule has 0 atom stereocenters. The Morgan fingerprint density at radius 3 is 2.71 bits per heavy atom. The minimum Gasteiger partial charge on any atom is -0.480 e. The topological polar surface area (TPSA) is 55.1 Å². The second-order valence-corrected chi connectivity index (χ2v) is 5.77. The standard InChI is InChI=1S/C12H15BrN2O2/c13-9-8-4-1-2-7-15(8)10(14-9)12(11(16)17)5-3-6-12/h1-7H2,(H,16,17). The fraction of sp³-hybridized carbons (Fsp3) is 0.667. The van der Waals surface area contributed by atoms with Crippen LogP contribution in [0.4, 0.5) is 0 Å². The summed E-state index contributed by atoms with van der Waals surface area (Å²) in [6.45, 7) is 0.915. The lowest BCUT2D eigenvalue weighted by Gasteiger charge is -2.37. The summed E-state index contributed by atoms with van der Waals surface area (Å²) in [6.07, 6.45) is 5.74. The normalized spacial score (nSPS) is 21.7. The molecule has 1 aliphatic heterocycles.